The molecule has 226 valence electrons. The van der Waals surface area contributed by atoms with Gasteiger partial charge < -0.3 is 9.47 Å². The smallest absolute Gasteiger partial charge is 0.178 e. The van der Waals surface area contributed by atoms with Crippen molar-refractivity contribution in [2.75, 3.05) is 7.11 Å². The fraction of sp³-hybridized carbons (Fsp3) is 0.302. The van der Waals surface area contributed by atoms with E-state index >= 15 is 0 Å². The van der Waals surface area contributed by atoms with Crippen LogP contribution in [-0.4, -0.2) is 7.11 Å². The highest BCUT2D eigenvalue weighted by Crippen LogP contribution is 2.66. The number of hydrogen-bond donors (Lipinski definition) is 0. The number of rotatable bonds is 3. The van der Waals surface area contributed by atoms with E-state index in [9.17, 15) is 0 Å². The molecule has 0 amide bonds. The standard InChI is InChI=1S/C43H42O2/c1-28-16-18-30(19-17-28)43(29-12-8-7-9-13-29)23-22-34-38-37(32-21-20-31(44-6)24-35(32)39(34)45-43)33-14-10-11-15-36(33)42(38)26-40(2,3)25-41(4,5)27-42/h7-24H,25-27H2,1-6H3. The highest BCUT2D eigenvalue weighted by Gasteiger charge is 2.55. The monoisotopic (exact) mass is 590 g/mol. The minimum atomic E-state index is -0.768. The summed E-state index contributed by atoms with van der Waals surface area (Å²) in [7, 11) is 1.75. The van der Waals surface area contributed by atoms with Crippen LogP contribution in [-0.2, 0) is 11.0 Å². The number of benzene rings is 5. The number of ether oxygens (including phenoxy) is 2. The van der Waals surface area contributed by atoms with Gasteiger partial charge in [0.15, 0.2) is 5.60 Å². The average molecular weight is 591 g/mol. The van der Waals surface area contributed by atoms with E-state index in [-0.39, 0.29) is 16.2 Å². The lowest BCUT2D eigenvalue weighted by Crippen LogP contribution is -2.44. The molecule has 1 spiro atoms. The van der Waals surface area contributed by atoms with Crippen LogP contribution in [0.4, 0.5) is 0 Å². The van der Waals surface area contributed by atoms with E-state index in [2.05, 4.69) is 144 Å². The second-order valence-electron chi connectivity index (χ2n) is 15.3. The molecular formula is C43H42O2. The molecule has 1 unspecified atom stereocenters. The number of hydrogen-bond acceptors (Lipinski definition) is 2. The third-order valence-corrected chi connectivity index (χ3v) is 10.6. The van der Waals surface area contributed by atoms with Gasteiger partial charge in [-0.2, -0.15) is 0 Å². The predicted molar refractivity (Wildman–Crippen MR) is 186 cm³/mol. The predicted octanol–water partition coefficient (Wildman–Crippen LogP) is 11.0. The molecule has 5 aromatic rings. The van der Waals surface area contributed by atoms with E-state index in [1.807, 2.05) is 0 Å². The molecule has 0 bridgehead atoms. The van der Waals surface area contributed by atoms with Crippen molar-refractivity contribution in [2.45, 2.75) is 64.9 Å². The van der Waals surface area contributed by atoms with E-state index in [1.165, 1.54) is 45.2 Å². The Morgan fingerprint density at radius 1 is 0.689 bits per heavy atom. The van der Waals surface area contributed by atoms with Gasteiger partial charge in [0.2, 0.25) is 0 Å². The van der Waals surface area contributed by atoms with Crippen LogP contribution < -0.4 is 9.47 Å². The highest BCUT2D eigenvalue weighted by molar-refractivity contribution is 6.09. The van der Waals surface area contributed by atoms with Crippen LogP contribution in [0.2, 0.25) is 0 Å². The SMILES string of the molecule is COc1ccc2c3c(c4c(c2c1)OC(c1ccccc1)(c1ccc(C)cc1)C=C4)C1(CC(C)(C)CC(C)(C)C1)c1ccccc1-3. The van der Waals surface area contributed by atoms with Gasteiger partial charge in [0.05, 0.1) is 7.11 Å². The van der Waals surface area contributed by atoms with Crippen molar-refractivity contribution in [1.82, 2.24) is 0 Å². The van der Waals surface area contributed by atoms with Gasteiger partial charge in [0.1, 0.15) is 11.5 Å². The van der Waals surface area contributed by atoms with E-state index in [0.29, 0.717) is 0 Å². The van der Waals surface area contributed by atoms with Crippen LogP contribution in [0, 0.1) is 17.8 Å². The molecule has 45 heavy (non-hydrogen) atoms. The fourth-order valence-corrected chi connectivity index (χ4v) is 9.73. The van der Waals surface area contributed by atoms with Gasteiger partial charge in [-0.3, -0.25) is 0 Å². The maximum Gasteiger partial charge on any atom is 0.178 e. The molecule has 0 saturated heterocycles. The molecule has 1 aliphatic heterocycles. The lowest BCUT2D eigenvalue weighted by atomic mass is 9.52. The van der Waals surface area contributed by atoms with Gasteiger partial charge in [-0.1, -0.05) is 118 Å². The van der Waals surface area contributed by atoms with Crippen LogP contribution in [0.25, 0.3) is 28.0 Å². The molecule has 2 aliphatic carbocycles. The summed E-state index contributed by atoms with van der Waals surface area (Å²) >= 11 is 0. The molecule has 0 radical (unpaired) electrons. The molecular weight excluding hydrogens is 548 g/mol. The first-order valence-electron chi connectivity index (χ1n) is 16.4. The quantitative estimate of drug-likeness (QED) is 0.208. The molecule has 3 aliphatic rings. The summed E-state index contributed by atoms with van der Waals surface area (Å²) < 4.78 is 13.4. The average Bonchev–Trinajstić information content (AvgIpc) is 3.28. The van der Waals surface area contributed by atoms with Crippen LogP contribution in [0.1, 0.15) is 80.3 Å². The molecule has 0 N–H and O–H groups in total. The summed E-state index contributed by atoms with van der Waals surface area (Å²) in [4.78, 5) is 0. The molecule has 1 heterocycles. The molecule has 2 nitrogen and oxygen atoms in total. The van der Waals surface area contributed by atoms with Crippen molar-refractivity contribution in [2.24, 2.45) is 10.8 Å². The topological polar surface area (TPSA) is 18.5 Å². The number of methoxy groups -OCH3 is 1. The zero-order valence-electron chi connectivity index (χ0n) is 27.3. The van der Waals surface area contributed by atoms with Gasteiger partial charge in [-0.15, -0.1) is 0 Å². The number of aryl methyl sites for hydroxylation is 1. The Balaban J connectivity index is 1.49. The Bertz CT molecular complexity index is 1980. The minimum absolute atomic E-state index is 0.111. The Morgan fingerprint density at radius 2 is 1.36 bits per heavy atom. The molecule has 0 aromatic heterocycles. The van der Waals surface area contributed by atoms with Crippen molar-refractivity contribution >= 4 is 16.8 Å². The molecule has 5 aromatic carbocycles. The first-order chi connectivity index (χ1) is 21.6. The fourth-order valence-electron chi connectivity index (χ4n) is 9.73. The Morgan fingerprint density at radius 3 is 2.07 bits per heavy atom. The van der Waals surface area contributed by atoms with Gasteiger partial charge in [0, 0.05) is 27.5 Å². The van der Waals surface area contributed by atoms with Crippen molar-refractivity contribution in [3.63, 3.8) is 0 Å². The zero-order chi connectivity index (χ0) is 31.2. The van der Waals surface area contributed by atoms with Gasteiger partial charge in [-0.25, -0.2) is 0 Å². The van der Waals surface area contributed by atoms with Crippen LogP contribution in [0.15, 0.2) is 103 Å². The Hall–Kier alpha value is -4.30. The maximum absolute atomic E-state index is 7.56. The molecule has 1 saturated carbocycles. The second-order valence-corrected chi connectivity index (χ2v) is 15.3. The minimum Gasteiger partial charge on any atom is -0.497 e. The molecule has 8 rings (SSSR count). The largest absolute Gasteiger partial charge is 0.497 e. The molecule has 2 heteroatoms. The summed E-state index contributed by atoms with van der Waals surface area (Å²) in [5.41, 5.74) is 9.83. The van der Waals surface area contributed by atoms with Crippen LogP contribution in [0.5, 0.6) is 11.5 Å². The van der Waals surface area contributed by atoms with Gasteiger partial charge in [-0.05, 0) is 88.9 Å². The maximum atomic E-state index is 7.56. The van der Waals surface area contributed by atoms with Crippen LogP contribution >= 0.6 is 0 Å². The van der Waals surface area contributed by atoms with E-state index in [1.54, 1.807) is 7.11 Å². The lowest BCUT2D eigenvalue weighted by Gasteiger charge is -2.52. The van der Waals surface area contributed by atoms with Crippen molar-refractivity contribution < 1.29 is 9.47 Å². The lowest BCUT2D eigenvalue weighted by molar-refractivity contribution is 0.0642. The van der Waals surface area contributed by atoms with Crippen molar-refractivity contribution in [3.05, 3.63) is 137 Å². The highest BCUT2D eigenvalue weighted by atomic mass is 16.5. The second kappa shape index (κ2) is 9.60. The van der Waals surface area contributed by atoms with E-state index < -0.39 is 5.60 Å². The Labute approximate surface area is 267 Å². The third kappa shape index (κ3) is 4.14. The first-order valence-corrected chi connectivity index (χ1v) is 16.4. The summed E-state index contributed by atoms with van der Waals surface area (Å²) in [5, 5.41) is 2.33. The van der Waals surface area contributed by atoms with E-state index in [0.717, 1.165) is 40.9 Å². The molecule has 1 atom stereocenters. The van der Waals surface area contributed by atoms with Gasteiger partial charge in [0.25, 0.3) is 0 Å². The number of fused-ring (bicyclic) bond motifs is 10. The van der Waals surface area contributed by atoms with Crippen LogP contribution in [0.3, 0.4) is 0 Å². The normalized spacial score (nSPS) is 21.6. The van der Waals surface area contributed by atoms with Crippen molar-refractivity contribution in [3.8, 4) is 22.6 Å². The zero-order valence-corrected chi connectivity index (χ0v) is 27.3. The summed E-state index contributed by atoms with van der Waals surface area (Å²) in [6.45, 7) is 12.0. The third-order valence-electron chi connectivity index (χ3n) is 10.6. The summed E-state index contributed by atoms with van der Waals surface area (Å²) in [6.07, 6.45) is 8.14. The Kier molecular flexibility index (Phi) is 6.01. The van der Waals surface area contributed by atoms with Crippen molar-refractivity contribution in [1.29, 1.82) is 0 Å². The van der Waals surface area contributed by atoms with E-state index in [4.69, 9.17) is 9.47 Å². The molecule has 1 fully saturated rings. The summed E-state index contributed by atoms with van der Waals surface area (Å²) in [6, 6.07) is 35.3. The first kappa shape index (κ1) is 28.2. The summed E-state index contributed by atoms with van der Waals surface area (Å²) in [5.74, 6) is 1.78. The van der Waals surface area contributed by atoms with Gasteiger partial charge >= 0.3 is 0 Å².